The summed E-state index contributed by atoms with van der Waals surface area (Å²) in [5, 5.41) is 2.90. The number of hydrogen-bond donors (Lipinski definition) is 1. The average Bonchev–Trinajstić information content (AvgIpc) is 2.60. The fourth-order valence-corrected chi connectivity index (χ4v) is 2.42. The van der Waals surface area contributed by atoms with Crippen LogP contribution >= 0.6 is 0 Å². The molecule has 1 aliphatic rings. The molecule has 21 heavy (non-hydrogen) atoms. The maximum atomic E-state index is 11.9. The van der Waals surface area contributed by atoms with Gasteiger partial charge in [0.15, 0.2) is 0 Å². The van der Waals surface area contributed by atoms with Gasteiger partial charge in [-0.05, 0) is 13.3 Å². The van der Waals surface area contributed by atoms with E-state index < -0.39 is 0 Å². The van der Waals surface area contributed by atoms with Crippen molar-refractivity contribution in [1.29, 1.82) is 0 Å². The Balaban J connectivity index is 2.10. The third kappa shape index (κ3) is 7.83. The topological polar surface area (TPSA) is 61.8 Å². The van der Waals surface area contributed by atoms with Gasteiger partial charge in [-0.1, -0.05) is 32.6 Å². The molecule has 0 aromatic rings. The SMILES string of the molecule is CCCCCCCC(=O)NCCN1CCN=C(C)CC1=O. The van der Waals surface area contributed by atoms with Crippen molar-refractivity contribution < 1.29 is 9.59 Å². The molecule has 0 saturated carbocycles. The van der Waals surface area contributed by atoms with Crippen molar-refractivity contribution in [2.45, 2.75) is 58.8 Å². The molecule has 0 bridgehead atoms. The molecular formula is C16H29N3O2. The van der Waals surface area contributed by atoms with Crippen LogP contribution in [0.25, 0.3) is 0 Å². The number of carbonyl (C=O) groups excluding carboxylic acids is 2. The Kier molecular flexibility index (Phi) is 8.71. The van der Waals surface area contributed by atoms with E-state index in [1.54, 1.807) is 4.90 Å². The highest BCUT2D eigenvalue weighted by atomic mass is 16.2. The molecule has 1 N–H and O–H groups in total. The van der Waals surface area contributed by atoms with Crippen LogP contribution in [0, 0.1) is 0 Å². The van der Waals surface area contributed by atoms with Crippen molar-refractivity contribution in [3.63, 3.8) is 0 Å². The van der Waals surface area contributed by atoms with Gasteiger partial charge in [0.1, 0.15) is 0 Å². The summed E-state index contributed by atoms with van der Waals surface area (Å²) < 4.78 is 0. The van der Waals surface area contributed by atoms with Gasteiger partial charge in [0.25, 0.3) is 0 Å². The lowest BCUT2D eigenvalue weighted by Gasteiger charge is -2.20. The zero-order valence-corrected chi connectivity index (χ0v) is 13.5. The van der Waals surface area contributed by atoms with Crippen LogP contribution in [0.2, 0.25) is 0 Å². The van der Waals surface area contributed by atoms with Crippen LogP contribution in [0.5, 0.6) is 0 Å². The standard InChI is InChI=1S/C16H29N3O2/c1-3-4-5-6-7-8-15(20)18-10-12-19-11-9-17-14(2)13-16(19)21/h3-13H2,1-2H3,(H,18,20). The van der Waals surface area contributed by atoms with Crippen LogP contribution < -0.4 is 5.32 Å². The van der Waals surface area contributed by atoms with Gasteiger partial charge in [-0.2, -0.15) is 0 Å². The molecule has 0 saturated heterocycles. The Hall–Kier alpha value is -1.39. The summed E-state index contributed by atoms with van der Waals surface area (Å²) in [6.45, 7) is 6.53. The summed E-state index contributed by atoms with van der Waals surface area (Å²) in [5.74, 6) is 0.212. The Labute approximate surface area is 128 Å². The monoisotopic (exact) mass is 295 g/mol. The van der Waals surface area contributed by atoms with Crippen LogP contribution in [0.15, 0.2) is 4.99 Å². The molecule has 0 radical (unpaired) electrons. The van der Waals surface area contributed by atoms with E-state index in [2.05, 4.69) is 17.2 Å². The average molecular weight is 295 g/mol. The number of amides is 2. The number of hydrogen-bond acceptors (Lipinski definition) is 3. The van der Waals surface area contributed by atoms with Crippen molar-refractivity contribution in [2.75, 3.05) is 26.2 Å². The van der Waals surface area contributed by atoms with Crippen LogP contribution in [0.1, 0.15) is 58.8 Å². The van der Waals surface area contributed by atoms with E-state index in [0.717, 1.165) is 18.6 Å². The van der Waals surface area contributed by atoms with Crippen LogP contribution in [-0.4, -0.2) is 48.6 Å². The first-order valence-corrected chi connectivity index (χ1v) is 8.18. The lowest BCUT2D eigenvalue weighted by atomic mass is 10.1. The summed E-state index contributed by atoms with van der Waals surface area (Å²) in [5.41, 5.74) is 0.901. The lowest BCUT2D eigenvalue weighted by Crippen LogP contribution is -2.39. The maximum Gasteiger partial charge on any atom is 0.228 e. The molecule has 0 aromatic carbocycles. The Morgan fingerprint density at radius 1 is 1.29 bits per heavy atom. The largest absolute Gasteiger partial charge is 0.354 e. The zero-order chi connectivity index (χ0) is 15.5. The highest BCUT2D eigenvalue weighted by molar-refractivity contribution is 6.00. The number of unbranched alkanes of at least 4 members (excludes halogenated alkanes) is 4. The third-order valence-electron chi connectivity index (χ3n) is 3.72. The first-order chi connectivity index (χ1) is 10.1. The fourth-order valence-electron chi connectivity index (χ4n) is 2.42. The van der Waals surface area contributed by atoms with E-state index in [1.165, 1.54) is 19.3 Å². The Morgan fingerprint density at radius 3 is 2.81 bits per heavy atom. The van der Waals surface area contributed by atoms with Gasteiger partial charge in [0, 0.05) is 31.8 Å². The second-order valence-corrected chi connectivity index (χ2v) is 5.69. The predicted octanol–water partition coefficient (Wildman–Crippen LogP) is 2.16. The number of nitrogens with zero attached hydrogens (tertiary/aromatic N) is 2. The molecule has 0 aromatic heterocycles. The minimum absolute atomic E-state index is 0.0983. The smallest absolute Gasteiger partial charge is 0.228 e. The van der Waals surface area contributed by atoms with Gasteiger partial charge in [-0.25, -0.2) is 0 Å². The molecule has 0 atom stereocenters. The molecule has 2 amide bonds. The van der Waals surface area contributed by atoms with Gasteiger partial charge < -0.3 is 10.2 Å². The molecule has 120 valence electrons. The summed E-state index contributed by atoms with van der Waals surface area (Å²) in [6, 6.07) is 0. The normalized spacial score (nSPS) is 15.6. The van der Waals surface area contributed by atoms with Crippen LogP contribution in [0.4, 0.5) is 0 Å². The second-order valence-electron chi connectivity index (χ2n) is 5.69. The number of carbonyl (C=O) groups is 2. The highest BCUT2D eigenvalue weighted by Crippen LogP contribution is 2.05. The molecule has 1 rings (SSSR count). The Morgan fingerprint density at radius 2 is 2.05 bits per heavy atom. The molecule has 0 fully saturated rings. The molecule has 5 heteroatoms. The summed E-state index contributed by atoms with van der Waals surface area (Å²) in [6.07, 6.45) is 6.78. The summed E-state index contributed by atoms with van der Waals surface area (Å²) in [7, 11) is 0. The molecule has 1 heterocycles. The van der Waals surface area contributed by atoms with E-state index in [-0.39, 0.29) is 11.8 Å². The Bertz CT molecular complexity index is 367. The predicted molar refractivity (Wildman–Crippen MR) is 85.6 cm³/mol. The van der Waals surface area contributed by atoms with Gasteiger partial charge in [-0.3, -0.25) is 14.6 Å². The van der Waals surface area contributed by atoms with Crippen LogP contribution in [0.3, 0.4) is 0 Å². The van der Waals surface area contributed by atoms with Gasteiger partial charge in [0.05, 0.1) is 13.0 Å². The quantitative estimate of drug-likeness (QED) is 0.663. The minimum atomic E-state index is 0.0983. The number of rotatable bonds is 9. The van der Waals surface area contributed by atoms with Crippen molar-refractivity contribution in [3.8, 4) is 0 Å². The van der Waals surface area contributed by atoms with Crippen LogP contribution in [-0.2, 0) is 9.59 Å². The summed E-state index contributed by atoms with van der Waals surface area (Å²) in [4.78, 5) is 29.7. The van der Waals surface area contributed by atoms with Crippen molar-refractivity contribution in [3.05, 3.63) is 0 Å². The molecule has 0 aliphatic carbocycles. The maximum absolute atomic E-state index is 11.9. The number of aliphatic imine (C=N–C) groups is 1. The van der Waals surface area contributed by atoms with Crippen molar-refractivity contribution in [1.82, 2.24) is 10.2 Å². The first kappa shape index (κ1) is 17.7. The zero-order valence-electron chi connectivity index (χ0n) is 13.5. The van der Waals surface area contributed by atoms with E-state index in [0.29, 0.717) is 39.0 Å². The minimum Gasteiger partial charge on any atom is -0.354 e. The van der Waals surface area contributed by atoms with E-state index in [9.17, 15) is 9.59 Å². The van der Waals surface area contributed by atoms with E-state index in [1.807, 2.05) is 6.92 Å². The fraction of sp³-hybridized carbons (Fsp3) is 0.812. The van der Waals surface area contributed by atoms with Gasteiger partial charge >= 0.3 is 0 Å². The van der Waals surface area contributed by atoms with Gasteiger partial charge in [0.2, 0.25) is 11.8 Å². The lowest BCUT2D eigenvalue weighted by molar-refractivity contribution is -0.130. The highest BCUT2D eigenvalue weighted by Gasteiger charge is 2.16. The molecular weight excluding hydrogens is 266 g/mol. The van der Waals surface area contributed by atoms with E-state index in [4.69, 9.17) is 0 Å². The van der Waals surface area contributed by atoms with E-state index >= 15 is 0 Å². The molecule has 1 aliphatic heterocycles. The van der Waals surface area contributed by atoms with Crippen molar-refractivity contribution >= 4 is 17.5 Å². The molecule has 0 spiro atoms. The van der Waals surface area contributed by atoms with Crippen molar-refractivity contribution in [2.24, 2.45) is 4.99 Å². The third-order valence-corrected chi connectivity index (χ3v) is 3.72. The first-order valence-electron chi connectivity index (χ1n) is 8.18. The molecule has 5 nitrogen and oxygen atoms in total. The second kappa shape index (κ2) is 10.4. The summed E-state index contributed by atoms with van der Waals surface area (Å²) >= 11 is 0. The molecule has 0 unspecified atom stereocenters. The number of nitrogens with one attached hydrogen (secondary N) is 1. The van der Waals surface area contributed by atoms with Gasteiger partial charge in [-0.15, -0.1) is 0 Å².